The fraction of sp³-hybridized carbons (Fsp3) is 0.308. The third-order valence-corrected chi connectivity index (χ3v) is 2.37. The Morgan fingerprint density at radius 3 is 2.35 bits per heavy atom. The molecular weight excluding hydrogens is 262 g/mol. The summed E-state index contributed by atoms with van der Waals surface area (Å²) in [5.74, 6) is -2.09. The maximum atomic E-state index is 11.5. The summed E-state index contributed by atoms with van der Waals surface area (Å²) in [4.78, 5) is 33.8. The highest BCUT2D eigenvalue weighted by molar-refractivity contribution is 6.39. The molecule has 0 unspecified atom stereocenters. The van der Waals surface area contributed by atoms with E-state index in [1.807, 2.05) is 6.92 Å². The summed E-state index contributed by atoms with van der Waals surface area (Å²) in [5.41, 5.74) is 5.82. The third-order valence-electron chi connectivity index (χ3n) is 2.37. The number of hydrogen-bond acceptors (Lipinski definition) is 4. The predicted molar refractivity (Wildman–Crippen MR) is 73.1 cm³/mol. The molecule has 1 rings (SSSR count). The molecular formula is C13H17N3O4. The molecule has 108 valence electrons. The molecule has 0 heterocycles. The second-order valence-electron chi connectivity index (χ2n) is 3.85. The standard InChI is InChI=1S/C13H17N3O4/c1-2-20-8-7-15-12(18)13(19)16-10-5-3-9(4-6-10)11(14)17/h3-6H,2,7-8H2,1H3,(H2,14,17)(H,15,18)(H,16,19). The van der Waals surface area contributed by atoms with Gasteiger partial charge in [-0.25, -0.2) is 0 Å². The maximum Gasteiger partial charge on any atom is 0.313 e. The van der Waals surface area contributed by atoms with Gasteiger partial charge in [-0.05, 0) is 31.2 Å². The van der Waals surface area contributed by atoms with Crippen molar-refractivity contribution in [3.63, 3.8) is 0 Å². The monoisotopic (exact) mass is 279 g/mol. The number of rotatable bonds is 6. The molecule has 0 atom stereocenters. The van der Waals surface area contributed by atoms with Crippen LogP contribution in [0.15, 0.2) is 24.3 Å². The van der Waals surface area contributed by atoms with Crippen LogP contribution in [0.2, 0.25) is 0 Å². The van der Waals surface area contributed by atoms with Gasteiger partial charge < -0.3 is 21.1 Å². The van der Waals surface area contributed by atoms with E-state index in [0.717, 1.165) is 0 Å². The number of primary amides is 1. The minimum atomic E-state index is -0.784. The lowest BCUT2D eigenvalue weighted by atomic mass is 10.2. The highest BCUT2D eigenvalue weighted by Gasteiger charge is 2.13. The number of carbonyl (C=O) groups is 3. The van der Waals surface area contributed by atoms with Gasteiger partial charge in [0.25, 0.3) is 0 Å². The normalized spacial score (nSPS) is 9.85. The Kier molecular flexibility index (Phi) is 6.18. The van der Waals surface area contributed by atoms with Crippen LogP contribution in [0.25, 0.3) is 0 Å². The van der Waals surface area contributed by atoms with Crippen LogP contribution in [-0.2, 0) is 14.3 Å². The molecule has 0 radical (unpaired) electrons. The average Bonchev–Trinajstić information content (AvgIpc) is 2.44. The number of carbonyl (C=O) groups excluding carboxylic acids is 3. The lowest BCUT2D eigenvalue weighted by molar-refractivity contribution is -0.136. The Balaban J connectivity index is 2.44. The Bertz CT molecular complexity index is 485. The molecule has 0 fully saturated rings. The van der Waals surface area contributed by atoms with Gasteiger partial charge in [0.2, 0.25) is 5.91 Å². The van der Waals surface area contributed by atoms with Gasteiger partial charge in [-0.1, -0.05) is 0 Å². The van der Waals surface area contributed by atoms with Gasteiger partial charge in [0.15, 0.2) is 0 Å². The second-order valence-corrected chi connectivity index (χ2v) is 3.85. The highest BCUT2D eigenvalue weighted by Crippen LogP contribution is 2.08. The topological polar surface area (TPSA) is 111 Å². The second kappa shape index (κ2) is 7.90. The zero-order valence-electron chi connectivity index (χ0n) is 11.1. The summed E-state index contributed by atoms with van der Waals surface area (Å²) in [6, 6.07) is 5.91. The quantitative estimate of drug-likeness (QED) is 0.498. The van der Waals surface area contributed by atoms with Crippen LogP contribution in [0.3, 0.4) is 0 Å². The van der Waals surface area contributed by atoms with Gasteiger partial charge in [0.05, 0.1) is 6.61 Å². The molecule has 0 aliphatic rings. The van der Waals surface area contributed by atoms with Crippen LogP contribution in [0.4, 0.5) is 5.69 Å². The van der Waals surface area contributed by atoms with Crippen molar-refractivity contribution in [3.8, 4) is 0 Å². The summed E-state index contributed by atoms with van der Waals surface area (Å²) >= 11 is 0. The molecule has 1 aromatic rings. The molecule has 1 aromatic carbocycles. The molecule has 0 aromatic heterocycles. The number of benzene rings is 1. The third kappa shape index (κ3) is 5.07. The van der Waals surface area contributed by atoms with Crippen LogP contribution >= 0.6 is 0 Å². The molecule has 7 nitrogen and oxygen atoms in total. The molecule has 0 aliphatic heterocycles. The number of anilines is 1. The van der Waals surface area contributed by atoms with Crippen LogP contribution in [0.5, 0.6) is 0 Å². The van der Waals surface area contributed by atoms with Crippen molar-refractivity contribution >= 4 is 23.4 Å². The number of nitrogens with two attached hydrogens (primary N) is 1. The lowest BCUT2D eigenvalue weighted by Crippen LogP contribution is -2.37. The number of nitrogens with one attached hydrogen (secondary N) is 2. The van der Waals surface area contributed by atoms with E-state index in [4.69, 9.17) is 10.5 Å². The number of hydrogen-bond donors (Lipinski definition) is 3. The summed E-state index contributed by atoms with van der Waals surface area (Å²) in [5, 5.41) is 4.82. The minimum Gasteiger partial charge on any atom is -0.380 e. The first-order chi connectivity index (χ1) is 9.54. The molecule has 0 saturated carbocycles. The fourth-order valence-electron chi connectivity index (χ4n) is 1.37. The van der Waals surface area contributed by atoms with Crippen molar-refractivity contribution < 1.29 is 19.1 Å². The van der Waals surface area contributed by atoms with Crippen molar-refractivity contribution in [2.24, 2.45) is 5.73 Å². The molecule has 0 bridgehead atoms. The first-order valence-electron chi connectivity index (χ1n) is 6.11. The van der Waals surface area contributed by atoms with Gasteiger partial charge in [0.1, 0.15) is 0 Å². The average molecular weight is 279 g/mol. The molecule has 0 aliphatic carbocycles. The van der Waals surface area contributed by atoms with Crippen LogP contribution in [0.1, 0.15) is 17.3 Å². The summed E-state index contributed by atoms with van der Waals surface area (Å²) < 4.78 is 5.03. The summed E-state index contributed by atoms with van der Waals surface area (Å²) in [6.07, 6.45) is 0. The first-order valence-corrected chi connectivity index (χ1v) is 6.11. The Morgan fingerprint density at radius 1 is 1.15 bits per heavy atom. The van der Waals surface area contributed by atoms with Gasteiger partial charge in [-0.3, -0.25) is 14.4 Å². The zero-order valence-corrected chi connectivity index (χ0v) is 11.1. The van der Waals surface area contributed by atoms with Crippen molar-refractivity contribution in [2.75, 3.05) is 25.1 Å². The smallest absolute Gasteiger partial charge is 0.313 e. The van der Waals surface area contributed by atoms with E-state index in [0.29, 0.717) is 24.5 Å². The van der Waals surface area contributed by atoms with Gasteiger partial charge in [0, 0.05) is 24.4 Å². The van der Waals surface area contributed by atoms with Crippen molar-refractivity contribution in [3.05, 3.63) is 29.8 Å². The van der Waals surface area contributed by atoms with Crippen LogP contribution in [0, 0.1) is 0 Å². The van der Waals surface area contributed by atoms with E-state index in [2.05, 4.69) is 10.6 Å². The summed E-state index contributed by atoms with van der Waals surface area (Å²) in [6.45, 7) is 3.00. The van der Waals surface area contributed by atoms with E-state index in [9.17, 15) is 14.4 Å². The van der Waals surface area contributed by atoms with E-state index in [1.165, 1.54) is 24.3 Å². The number of amides is 3. The van der Waals surface area contributed by atoms with E-state index < -0.39 is 17.7 Å². The van der Waals surface area contributed by atoms with E-state index >= 15 is 0 Å². The van der Waals surface area contributed by atoms with Crippen molar-refractivity contribution in [2.45, 2.75) is 6.92 Å². The minimum absolute atomic E-state index is 0.265. The largest absolute Gasteiger partial charge is 0.380 e. The zero-order chi connectivity index (χ0) is 15.0. The Morgan fingerprint density at radius 2 is 1.80 bits per heavy atom. The molecule has 4 N–H and O–H groups in total. The molecule has 7 heteroatoms. The Hall–Kier alpha value is -2.41. The van der Waals surface area contributed by atoms with Crippen molar-refractivity contribution in [1.82, 2.24) is 5.32 Å². The molecule has 20 heavy (non-hydrogen) atoms. The maximum absolute atomic E-state index is 11.5. The van der Waals surface area contributed by atoms with Crippen LogP contribution < -0.4 is 16.4 Å². The molecule has 0 spiro atoms. The van der Waals surface area contributed by atoms with E-state index in [1.54, 1.807) is 0 Å². The van der Waals surface area contributed by atoms with Crippen LogP contribution in [-0.4, -0.2) is 37.5 Å². The summed E-state index contributed by atoms with van der Waals surface area (Å²) in [7, 11) is 0. The molecule has 0 saturated heterocycles. The van der Waals surface area contributed by atoms with E-state index in [-0.39, 0.29) is 6.54 Å². The van der Waals surface area contributed by atoms with Crippen molar-refractivity contribution in [1.29, 1.82) is 0 Å². The van der Waals surface area contributed by atoms with Gasteiger partial charge in [-0.15, -0.1) is 0 Å². The first kappa shape index (κ1) is 15.6. The highest BCUT2D eigenvalue weighted by atomic mass is 16.5. The van der Waals surface area contributed by atoms with Gasteiger partial charge in [-0.2, -0.15) is 0 Å². The fourth-order valence-corrected chi connectivity index (χ4v) is 1.37. The predicted octanol–water partition coefficient (Wildman–Crippen LogP) is -0.123. The van der Waals surface area contributed by atoms with Gasteiger partial charge >= 0.3 is 11.8 Å². The Labute approximate surface area is 116 Å². The lowest BCUT2D eigenvalue weighted by Gasteiger charge is -2.06. The molecule has 3 amide bonds. The number of ether oxygens (including phenoxy) is 1. The SMILES string of the molecule is CCOCCNC(=O)C(=O)Nc1ccc(C(N)=O)cc1.